The summed E-state index contributed by atoms with van der Waals surface area (Å²) in [5.74, 6) is -0.104. The number of H-pyrrole nitrogens is 1. The van der Waals surface area contributed by atoms with Gasteiger partial charge in [0.2, 0.25) is 5.91 Å². The van der Waals surface area contributed by atoms with Crippen LogP contribution >= 0.6 is 11.6 Å². The van der Waals surface area contributed by atoms with Crippen LogP contribution in [0.15, 0.2) is 30.7 Å². The number of hydrogen-bond acceptors (Lipinski definition) is 5. The van der Waals surface area contributed by atoms with Crippen molar-refractivity contribution in [1.82, 2.24) is 25.3 Å². The van der Waals surface area contributed by atoms with E-state index in [2.05, 4.69) is 19.9 Å². The quantitative estimate of drug-likeness (QED) is 0.449. The standard InChI is InChI=1S/C22H26ClF3N6O/c1-4-5-8-32(18(13(2)3)21(33)30-12-22(24,25)26)17-6-7-27-20(31-17)16-11-29-19-15(16)9-14(23)10-28-19/h6-7,9-11,13,18H,4-5,8,12H2,1-3H3,(H,28,29)(H,30,33)/t18-/m1/s1. The molecule has 7 nitrogen and oxygen atoms in total. The SMILES string of the molecule is CCCCN(c1ccnc(-c2c[nH]c3ncc(Cl)cc23)n1)[C@@H](C(=O)NCC(F)(F)F)C(C)C. The first-order chi connectivity index (χ1) is 15.6. The predicted molar refractivity (Wildman–Crippen MR) is 122 cm³/mol. The molecule has 2 N–H and O–H groups in total. The maximum Gasteiger partial charge on any atom is 0.405 e. The zero-order valence-electron chi connectivity index (χ0n) is 18.6. The van der Waals surface area contributed by atoms with Gasteiger partial charge in [-0.25, -0.2) is 15.0 Å². The normalized spacial score (nSPS) is 12.8. The molecule has 0 radical (unpaired) electrons. The molecule has 1 atom stereocenters. The molecule has 3 aromatic rings. The number of hydrogen-bond donors (Lipinski definition) is 2. The van der Waals surface area contributed by atoms with Crippen LogP contribution in [0.4, 0.5) is 19.0 Å². The minimum absolute atomic E-state index is 0.260. The first-order valence-electron chi connectivity index (χ1n) is 10.7. The molecular weight excluding hydrogens is 457 g/mol. The first-order valence-corrected chi connectivity index (χ1v) is 11.1. The Morgan fingerprint density at radius 1 is 1.30 bits per heavy atom. The number of fused-ring (bicyclic) bond motifs is 1. The number of unbranched alkanes of at least 4 members (excludes halogenated alkanes) is 1. The Labute approximate surface area is 194 Å². The molecule has 3 aromatic heterocycles. The Morgan fingerprint density at radius 3 is 2.73 bits per heavy atom. The average Bonchev–Trinajstić information content (AvgIpc) is 3.17. The third-order valence-corrected chi connectivity index (χ3v) is 5.33. The number of amides is 1. The van der Waals surface area contributed by atoms with Gasteiger partial charge in [-0.3, -0.25) is 4.79 Å². The topological polar surface area (TPSA) is 86.8 Å². The van der Waals surface area contributed by atoms with E-state index in [4.69, 9.17) is 11.6 Å². The summed E-state index contributed by atoms with van der Waals surface area (Å²) in [5.41, 5.74) is 1.30. The van der Waals surface area contributed by atoms with Crippen molar-refractivity contribution in [2.45, 2.75) is 45.8 Å². The Bertz CT molecular complexity index is 1100. The Kier molecular flexibility index (Phi) is 7.78. The second-order valence-corrected chi connectivity index (χ2v) is 8.50. The predicted octanol–water partition coefficient (Wildman–Crippen LogP) is 4.98. The molecule has 0 unspecified atom stereocenters. The van der Waals surface area contributed by atoms with Crippen LogP contribution in [0, 0.1) is 5.92 Å². The molecule has 0 aliphatic heterocycles. The van der Waals surface area contributed by atoms with E-state index in [-0.39, 0.29) is 5.92 Å². The molecule has 3 rings (SSSR count). The van der Waals surface area contributed by atoms with Gasteiger partial charge < -0.3 is 15.2 Å². The Balaban J connectivity index is 1.99. The van der Waals surface area contributed by atoms with Gasteiger partial charge in [-0.05, 0) is 24.5 Å². The fourth-order valence-corrected chi connectivity index (χ4v) is 3.78. The summed E-state index contributed by atoms with van der Waals surface area (Å²) in [6.45, 7) is 4.67. The Hall–Kier alpha value is -2.88. The molecule has 178 valence electrons. The van der Waals surface area contributed by atoms with Gasteiger partial charge in [0, 0.05) is 36.1 Å². The second-order valence-electron chi connectivity index (χ2n) is 8.06. The van der Waals surface area contributed by atoms with Crippen LogP contribution in [0.5, 0.6) is 0 Å². The van der Waals surface area contributed by atoms with E-state index in [1.807, 2.05) is 12.2 Å². The lowest BCUT2D eigenvalue weighted by Gasteiger charge is -2.34. The highest BCUT2D eigenvalue weighted by molar-refractivity contribution is 6.31. The number of nitrogens with one attached hydrogen (secondary N) is 2. The summed E-state index contributed by atoms with van der Waals surface area (Å²) in [7, 11) is 0. The van der Waals surface area contributed by atoms with Crippen LogP contribution in [0.25, 0.3) is 22.4 Å². The number of pyridine rings is 1. The molecule has 3 heterocycles. The van der Waals surface area contributed by atoms with Crippen LogP contribution in [0.1, 0.15) is 33.6 Å². The van der Waals surface area contributed by atoms with Crippen molar-refractivity contribution in [1.29, 1.82) is 0 Å². The molecule has 33 heavy (non-hydrogen) atoms. The Morgan fingerprint density at radius 2 is 2.06 bits per heavy atom. The van der Waals surface area contributed by atoms with Crippen molar-refractivity contribution >= 4 is 34.4 Å². The van der Waals surface area contributed by atoms with Crippen molar-refractivity contribution in [3.63, 3.8) is 0 Å². The molecule has 1 amide bonds. The van der Waals surface area contributed by atoms with Gasteiger partial charge in [0.1, 0.15) is 24.1 Å². The van der Waals surface area contributed by atoms with Crippen LogP contribution < -0.4 is 10.2 Å². The van der Waals surface area contributed by atoms with E-state index in [9.17, 15) is 18.0 Å². The molecule has 0 aliphatic rings. The number of aromatic nitrogens is 4. The zero-order valence-corrected chi connectivity index (χ0v) is 19.3. The van der Waals surface area contributed by atoms with E-state index in [1.54, 1.807) is 43.3 Å². The molecule has 0 saturated carbocycles. The number of carbonyl (C=O) groups excluding carboxylic acids is 1. The lowest BCUT2D eigenvalue weighted by molar-refractivity contribution is -0.139. The number of alkyl halides is 3. The van der Waals surface area contributed by atoms with Crippen LogP contribution in [-0.2, 0) is 4.79 Å². The third kappa shape index (κ3) is 6.13. The van der Waals surface area contributed by atoms with Crippen LogP contribution in [0.2, 0.25) is 5.02 Å². The maximum absolute atomic E-state index is 12.8. The van der Waals surface area contributed by atoms with E-state index < -0.39 is 24.7 Å². The lowest BCUT2D eigenvalue weighted by Crippen LogP contribution is -2.52. The minimum Gasteiger partial charge on any atom is -0.345 e. The van der Waals surface area contributed by atoms with E-state index in [0.717, 1.165) is 18.2 Å². The number of nitrogens with zero attached hydrogens (tertiary/aromatic N) is 4. The van der Waals surface area contributed by atoms with Gasteiger partial charge in [0.15, 0.2) is 5.82 Å². The molecule has 0 aromatic carbocycles. The van der Waals surface area contributed by atoms with Crippen molar-refractivity contribution in [2.24, 2.45) is 5.92 Å². The first kappa shape index (κ1) is 24.8. The van der Waals surface area contributed by atoms with E-state index in [0.29, 0.717) is 34.4 Å². The van der Waals surface area contributed by atoms with Crippen molar-refractivity contribution in [3.8, 4) is 11.4 Å². The lowest BCUT2D eigenvalue weighted by atomic mass is 10.0. The van der Waals surface area contributed by atoms with Crippen molar-refractivity contribution in [3.05, 3.63) is 35.7 Å². The smallest absolute Gasteiger partial charge is 0.345 e. The average molecular weight is 483 g/mol. The largest absolute Gasteiger partial charge is 0.405 e. The number of halogens is 4. The second kappa shape index (κ2) is 10.4. The number of aromatic amines is 1. The van der Waals surface area contributed by atoms with Gasteiger partial charge in [-0.15, -0.1) is 0 Å². The highest BCUT2D eigenvalue weighted by atomic mass is 35.5. The van der Waals surface area contributed by atoms with Crippen LogP contribution in [-0.4, -0.2) is 51.2 Å². The zero-order chi connectivity index (χ0) is 24.2. The molecule has 0 bridgehead atoms. The van der Waals surface area contributed by atoms with Crippen molar-refractivity contribution in [2.75, 3.05) is 18.0 Å². The molecule has 0 spiro atoms. The number of anilines is 1. The van der Waals surface area contributed by atoms with E-state index in [1.165, 1.54) is 6.20 Å². The summed E-state index contributed by atoms with van der Waals surface area (Å²) >= 11 is 6.10. The molecule has 0 saturated heterocycles. The maximum atomic E-state index is 12.8. The third-order valence-electron chi connectivity index (χ3n) is 5.13. The number of rotatable bonds is 9. The van der Waals surface area contributed by atoms with E-state index >= 15 is 0 Å². The van der Waals surface area contributed by atoms with Gasteiger partial charge >= 0.3 is 6.18 Å². The monoisotopic (exact) mass is 482 g/mol. The summed E-state index contributed by atoms with van der Waals surface area (Å²) in [5, 5.41) is 3.23. The summed E-state index contributed by atoms with van der Waals surface area (Å²) in [6.07, 6.45) is 1.91. The fraction of sp³-hybridized carbons (Fsp3) is 0.455. The highest BCUT2D eigenvalue weighted by Gasteiger charge is 2.34. The molecule has 0 fully saturated rings. The van der Waals surface area contributed by atoms with Gasteiger partial charge in [0.05, 0.1) is 5.02 Å². The highest BCUT2D eigenvalue weighted by Crippen LogP contribution is 2.29. The van der Waals surface area contributed by atoms with Gasteiger partial charge in [-0.1, -0.05) is 38.8 Å². The molecule has 0 aliphatic carbocycles. The fourth-order valence-electron chi connectivity index (χ4n) is 3.62. The summed E-state index contributed by atoms with van der Waals surface area (Å²) in [4.78, 5) is 30.9. The number of carbonyl (C=O) groups is 1. The van der Waals surface area contributed by atoms with Gasteiger partial charge in [-0.2, -0.15) is 13.2 Å². The summed E-state index contributed by atoms with van der Waals surface area (Å²) < 4.78 is 38.1. The molecule has 11 heteroatoms. The minimum atomic E-state index is -4.49. The summed E-state index contributed by atoms with van der Waals surface area (Å²) in [6, 6.07) is 2.58. The van der Waals surface area contributed by atoms with Crippen molar-refractivity contribution < 1.29 is 18.0 Å². The van der Waals surface area contributed by atoms with Crippen LogP contribution in [0.3, 0.4) is 0 Å². The van der Waals surface area contributed by atoms with Gasteiger partial charge in [0.25, 0.3) is 0 Å². The molecular formula is C22H26ClF3N6O.